The zero-order valence-corrected chi connectivity index (χ0v) is 24.3. The first-order chi connectivity index (χ1) is 21.6. The molecule has 6 rings (SSSR count). The second kappa shape index (κ2) is 12.5. The van der Waals surface area contributed by atoms with Gasteiger partial charge in [-0.1, -0.05) is 6.92 Å². The van der Waals surface area contributed by atoms with Crippen molar-refractivity contribution in [2.75, 3.05) is 23.3 Å². The molecule has 3 aromatic rings. The number of carboxylic acids is 1. The lowest BCUT2D eigenvalue weighted by molar-refractivity contribution is -0.192. The van der Waals surface area contributed by atoms with Crippen LogP contribution in [0, 0.1) is 5.82 Å². The Hall–Kier alpha value is -4.28. The number of aromatic nitrogens is 3. The third-order valence-corrected chi connectivity index (χ3v) is 8.19. The van der Waals surface area contributed by atoms with E-state index in [9.17, 15) is 40.3 Å². The van der Waals surface area contributed by atoms with Gasteiger partial charge in [-0.2, -0.15) is 26.3 Å². The lowest BCUT2D eigenvalue weighted by Gasteiger charge is -2.50. The number of hydrogen-bond acceptors (Lipinski definition) is 7. The average molecular weight is 659 g/mol. The molecular formula is C29H29F7N6O4. The number of carboxylic acid groups (broad SMARTS) is 1. The minimum absolute atomic E-state index is 0.164. The molecule has 46 heavy (non-hydrogen) atoms. The highest BCUT2D eigenvalue weighted by Gasteiger charge is 2.41. The highest BCUT2D eigenvalue weighted by molar-refractivity contribution is 5.92. The Bertz CT molecular complexity index is 1720. The molecule has 3 N–H and O–H groups in total. The van der Waals surface area contributed by atoms with Gasteiger partial charge in [0.05, 0.1) is 23.1 Å². The van der Waals surface area contributed by atoms with Crippen LogP contribution >= 0.6 is 0 Å². The predicted molar refractivity (Wildman–Crippen MR) is 151 cm³/mol. The van der Waals surface area contributed by atoms with Gasteiger partial charge >= 0.3 is 18.3 Å². The quantitative estimate of drug-likeness (QED) is 0.328. The molecule has 2 atom stereocenters. The number of aliphatic carboxylic acids is 1. The van der Waals surface area contributed by atoms with Crippen molar-refractivity contribution in [1.82, 2.24) is 19.9 Å². The second-order valence-electron chi connectivity index (χ2n) is 11.2. The molecule has 2 aliphatic carbocycles. The van der Waals surface area contributed by atoms with Crippen molar-refractivity contribution < 1.29 is 45.4 Å². The summed E-state index contributed by atoms with van der Waals surface area (Å²) in [5.41, 5.74) is 0.609. The van der Waals surface area contributed by atoms with Crippen LogP contribution in [0.4, 0.5) is 42.1 Å². The third kappa shape index (κ3) is 6.78. The Balaban J connectivity index is 0.000000537. The van der Waals surface area contributed by atoms with E-state index in [-0.39, 0.29) is 40.8 Å². The molecule has 3 aliphatic rings. The summed E-state index contributed by atoms with van der Waals surface area (Å²) < 4.78 is 86.6. The largest absolute Gasteiger partial charge is 0.490 e. The number of fused-ring (bicyclic) bond motifs is 2. The minimum Gasteiger partial charge on any atom is -0.475 e. The summed E-state index contributed by atoms with van der Waals surface area (Å²) in [6.45, 7) is 2.93. The van der Waals surface area contributed by atoms with Crippen LogP contribution in [0.5, 0.6) is 0 Å². The summed E-state index contributed by atoms with van der Waals surface area (Å²) in [6, 6.07) is 2.42. The van der Waals surface area contributed by atoms with Gasteiger partial charge in [-0.25, -0.2) is 19.2 Å². The van der Waals surface area contributed by atoms with Crippen LogP contribution in [-0.4, -0.2) is 62.9 Å². The van der Waals surface area contributed by atoms with Gasteiger partial charge < -0.3 is 25.2 Å². The van der Waals surface area contributed by atoms with Crippen molar-refractivity contribution in [1.29, 1.82) is 0 Å². The van der Waals surface area contributed by atoms with Crippen molar-refractivity contribution in [2.45, 2.75) is 75.9 Å². The molecule has 0 radical (unpaired) electrons. The molecule has 2 saturated carbocycles. The Morgan fingerprint density at radius 3 is 2.35 bits per heavy atom. The molecule has 0 bridgehead atoms. The summed E-state index contributed by atoms with van der Waals surface area (Å²) in [6.07, 6.45) is -3.79. The van der Waals surface area contributed by atoms with Gasteiger partial charge in [-0.05, 0) is 50.3 Å². The SMILES string of the molecule is CCc1c(N2CCN[C@H]3CC[C@@H]32)c(=O)c2nc(C3CC3)cnc2n1CC(=O)Nc1ccc(C(F)(F)F)cc1F.O=C(O)C(F)(F)F. The van der Waals surface area contributed by atoms with Gasteiger partial charge in [0.2, 0.25) is 11.3 Å². The zero-order valence-electron chi connectivity index (χ0n) is 24.3. The van der Waals surface area contributed by atoms with Gasteiger partial charge in [0.25, 0.3) is 0 Å². The second-order valence-corrected chi connectivity index (χ2v) is 11.2. The standard InChI is InChI=1S/C27H28F4N6O2.C2HF3O2/c1-2-20-24(36-10-9-32-18-7-8-21(18)36)25(39)23-26(33-12-19(35-23)14-3-4-14)37(20)13-22(38)34-17-6-5-15(11-16(17)28)27(29,30)31;3-2(4,5)1(6)7/h5-6,11-12,14,18,21,32H,2-4,7-10,13H2,1H3,(H,34,38);(H,6,7)/t18-,21-;/m0./s1. The van der Waals surface area contributed by atoms with Crippen LogP contribution in [-0.2, 0) is 28.7 Å². The molecule has 1 aliphatic heterocycles. The van der Waals surface area contributed by atoms with E-state index in [2.05, 4.69) is 20.5 Å². The molecule has 1 aromatic carbocycles. The van der Waals surface area contributed by atoms with E-state index >= 15 is 0 Å². The normalized spacial score (nSPS) is 19.5. The van der Waals surface area contributed by atoms with Gasteiger partial charge in [0.15, 0.2) is 11.2 Å². The topological polar surface area (TPSA) is 129 Å². The highest BCUT2D eigenvalue weighted by Crippen LogP contribution is 2.39. The van der Waals surface area contributed by atoms with E-state index in [0.29, 0.717) is 42.5 Å². The number of piperazine rings is 1. The molecule has 0 unspecified atom stereocenters. The number of carbonyl (C=O) groups excluding carboxylic acids is 1. The fraction of sp³-hybridized carbons (Fsp3) is 0.483. The first-order valence-corrected chi connectivity index (χ1v) is 14.5. The lowest BCUT2D eigenvalue weighted by Crippen LogP contribution is -2.64. The maximum atomic E-state index is 14.5. The van der Waals surface area contributed by atoms with Crippen molar-refractivity contribution >= 4 is 34.4 Å². The number of nitrogens with zero attached hydrogens (tertiary/aromatic N) is 4. The van der Waals surface area contributed by atoms with Crippen LogP contribution < -0.4 is 21.0 Å². The molecule has 3 fully saturated rings. The van der Waals surface area contributed by atoms with Crippen molar-refractivity contribution in [3.8, 4) is 0 Å². The Kier molecular flexibility index (Phi) is 8.99. The van der Waals surface area contributed by atoms with Crippen LogP contribution in [0.15, 0.2) is 29.2 Å². The first kappa shape index (κ1) is 33.1. The molecule has 17 heteroatoms. The fourth-order valence-electron chi connectivity index (χ4n) is 5.68. The van der Waals surface area contributed by atoms with E-state index < -0.39 is 35.6 Å². The van der Waals surface area contributed by atoms with E-state index in [4.69, 9.17) is 14.9 Å². The molecule has 2 aromatic heterocycles. The molecule has 0 spiro atoms. The third-order valence-electron chi connectivity index (χ3n) is 8.19. The summed E-state index contributed by atoms with van der Waals surface area (Å²) in [7, 11) is 0. The first-order valence-electron chi connectivity index (χ1n) is 14.5. The Labute approximate surface area is 256 Å². The van der Waals surface area contributed by atoms with Gasteiger partial charge in [-0.15, -0.1) is 0 Å². The maximum Gasteiger partial charge on any atom is 0.490 e. The number of pyridine rings is 1. The van der Waals surface area contributed by atoms with Gasteiger partial charge in [-0.3, -0.25) is 9.59 Å². The number of alkyl halides is 6. The van der Waals surface area contributed by atoms with E-state index in [1.807, 2.05) is 6.92 Å². The number of halogens is 7. The number of carbonyl (C=O) groups is 2. The molecular weight excluding hydrogens is 629 g/mol. The van der Waals surface area contributed by atoms with Crippen LogP contribution in [0.3, 0.4) is 0 Å². The van der Waals surface area contributed by atoms with Crippen LogP contribution in [0.1, 0.15) is 55.5 Å². The average Bonchev–Trinajstić information content (AvgIpc) is 3.81. The van der Waals surface area contributed by atoms with Crippen LogP contribution in [0.25, 0.3) is 11.2 Å². The number of anilines is 2. The molecule has 10 nitrogen and oxygen atoms in total. The summed E-state index contributed by atoms with van der Waals surface area (Å²) in [5, 5.41) is 13.0. The number of rotatable bonds is 6. The number of benzene rings is 1. The van der Waals surface area contributed by atoms with Crippen molar-refractivity contribution in [3.63, 3.8) is 0 Å². The van der Waals surface area contributed by atoms with E-state index in [1.54, 1.807) is 10.8 Å². The predicted octanol–water partition coefficient (Wildman–Crippen LogP) is 4.60. The Morgan fingerprint density at radius 2 is 1.80 bits per heavy atom. The van der Waals surface area contributed by atoms with E-state index in [1.165, 1.54) is 0 Å². The van der Waals surface area contributed by atoms with Crippen molar-refractivity contribution in [2.24, 2.45) is 0 Å². The zero-order chi connectivity index (χ0) is 33.6. The summed E-state index contributed by atoms with van der Waals surface area (Å²) in [4.78, 5) is 47.4. The molecule has 248 valence electrons. The Morgan fingerprint density at radius 1 is 1.11 bits per heavy atom. The fourth-order valence-corrected chi connectivity index (χ4v) is 5.68. The van der Waals surface area contributed by atoms with Crippen molar-refractivity contribution in [3.05, 3.63) is 57.4 Å². The number of hydrogen-bond donors (Lipinski definition) is 3. The van der Waals surface area contributed by atoms with Gasteiger partial charge in [0.1, 0.15) is 18.0 Å². The molecule has 3 heterocycles. The van der Waals surface area contributed by atoms with E-state index in [0.717, 1.165) is 44.0 Å². The van der Waals surface area contributed by atoms with Crippen LogP contribution in [0.2, 0.25) is 0 Å². The van der Waals surface area contributed by atoms with Gasteiger partial charge in [0, 0.05) is 36.8 Å². The number of amides is 1. The highest BCUT2D eigenvalue weighted by atomic mass is 19.4. The summed E-state index contributed by atoms with van der Waals surface area (Å²) in [5.74, 6) is -4.34. The maximum absolute atomic E-state index is 14.5. The summed E-state index contributed by atoms with van der Waals surface area (Å²) >= 11 is 0. The smallest absolute Gasteiger partial charge is 0.475 e. The lowest BCUT2D eigenvalue weighted by atomic mass is 9.83. The molecule has 1 saturated heterocycles. The number of nitrogens with one attached hydrogen (secondary N) is 2. The monoisotopic (exact) mass is 658 g/mol. The molecule has 1 amide bonds. The minimum atomic E-state index is -5.08.